The molecule has 1 aliphatic heterocycles. The number of hydrogen-bond donors (Lipinski definition) is 2. The van der Waals surface area contributed by atoms with Gasteiger partial charge in [0.15, 0.2) is 0 Å². The number of sulfonamides is 1. The molecule has 0 atom stereocenters. The summed E-state index contributed by atoms with van der Waals surface area (Å²) in [5.41, 5.74) is 2.61. The van der Waals surface area contributed by atoms with Gasteiger partial charge in [0.05, 0.1) is 4.90 Å². The van der Waals surface area contributed by atoms with E-state index < -0.39 is 10.0 Å². The molecule has 0 saturated carbocycles. The third kappa shape index (κ3) is 6.21. The molecule has 7 nitrogen and oxygen atoms in total. The Labute approximate surface area is 210 Å². The molecule has 3 aromatic rings. The van der Waals surface area contributed by atoms with E-state index in [1.807, 2.05) is 19.1 Å². The summed E-state index contributed by atoms with van der Waals surface area (Å²) in [6.45, 7) is 2.90. The number of piperidine rings is 1. The third-order valence-corrected chi connectivity index (χ3v) is 7.63. The minimum absolute atomic E-state index is 0.0726. The molecular weight excluding hydrogens is 486 g/mol. The molecule has 0 aliphatic carbocycles. The van der Waals surface area contributed by atoms with Crippen molar-refractivity contribution in [3.05, 3.63) is 88.9 Å². The number of nitrogens with one attached hydrogen (secondary N) is 2. The minimum atomic E-state index is -3.74. The van der Waals surface area contributed by atoms with Gasteiger partial charge >= 0.3 is 0 Å². The van der Waals surface area contributed by atoms with E-state index in [2.05, 4.69) is 10.0 Å². The van der Waals surface area contributed by atoms with Gasteiger partial charge in [0.25, 0.3) is 15.9 Å². The predicted octanol–water partition coefficient (Wildman–Crippen LogP) is 4.94. The topological polar surface area (TPSA) is 95.6 Å². The van der Waals surface area contributed by atoms with E-state index in [1.165, 1.54) is 12.1 Å². The lowest BCUT2D eigenvalue weighted by molar-refractivity contribution is -0.121. The summed E-state index contributed by atoms with van der Waals surface area (Å²) in [6.07, 6.45) is 1.11. The molecule has 0 unspecified atom stereocenters. The van der Waals surface area contributed by atoms with Crippen LogP contribution in [0, 0.1) is 12.8 Å². The SMILES string of the molecule is Cc1ccc(NS(=O)(=O)c2ccc(NC(=O)C3CCN(C(=O)c4ccc(Cl)cc4)CC3)cc2)cc1. The Hall–Kier alpha value is -3.36. The van der Waals surface area contributed by atoms with Crippen molar-refractivity contribution in [1.82, 2.24) is 4.90 Å². The highest BCUT2D eigenvalue weighted by Crippen LogP contribution is 2.23. The number of nitrogens with zero attached hydrogens (tertiary/aromatic N) is 1. The standard InChI is InChI=1S/C26H26ClN3O4S/c1-18-2-8-23(9-3-18)29-35(33,34)24-12-10-22(11-13-24)28-25(31)19-14-16-30(17-15-19)26(32)20-4-6-21(27)7-5-20/h2-13,19,29H,14-17H2,1H3,(H,28,31). The first-order valence-electron chi connectivity index (χ1n) is 11.3. The largest absolute Gasteiger partial charge is 0.339 e. The molecule has 35 heavy (non-hydrogen) atoms. The van der Waals surface area contributed by atoms with Crippen molar-refractivity contribution >= 4 is 44.8 Å². The number of rotatable bonds is 6. The van der Waals surface area contributed by atoms with Gasteiger partial charge in [-0.25, -0.2) is 8.42 Å². The van der Waals surface area contributed by atoms with Crippen LogP contribution < -0.4 is 10.0 Å². The molecular formula is C26H26ClN3O4S. The molecule has 0 aromatic heterocycles. The number of carbonyl (C=O) groups excluding carboxylic acids is 2. The van der Waals surface area contributed by atoms with Crippen LogP contribution in [-0.4, -0.2) is 38.2 Å². The molecule has 0 spiro atoms. The molecule has 0 radical (unpaired) electrons. The summed E-state index contributed by atoms with van der Waals surface area (Å²) in [4.78, 5) is 27.2. The Bertz CT molecular complexity index is 1300. The van der Waals surface area contributed by atoms with Gasteiger partial charge < -0.3 is 10.2 Å². The maximum atomic E-state index is 12.7. The van der Waals surface area contributed by atoms with E-state index in [9.17, 15) is 18.0 Å². The molecule has 2 amide bonds. The highest BCUT2D eigenvalue weighted by atomic mass is 35.5. The van der Waals surface area contributed by atoms with Crippen LogP contribution in [0.5, 0.6) is 0 Å². The first-order valence-corrected chi connectivity index (χ1v) is 13.1. The quantitative estimate of drug-likeness (QED) is 0.490. The molecule has 182 valence electrons. The highest BCUT2D eigenvalue weighted by molar-refractivity contribution is 7.92. The van der Waals surface area contributed by atoms with Crippen molar-refractivity contribution in [3.8, 4) is 0 Å². The van der Waals surface area contributed by atoms with E-state index in [-0.39, 0.29) is 22.6 Å². The number of carbonyl (C=O) groups is 2. The number of benzene rings is 3. The fourth-order valence-electron chi connectivity index (χ4n) is 3.92. The first-order chi connectivity index (χ1) is 16.7. The molecule has 1 heterocycles. The normalized spacial score (nSPS) is 14.4. The Balaban J connectivity index is 1.31. The highest BCUT2D eigenvalue weighted by Gasteiger charge is 2.28. The first kappa shape index (κ1) is 24.8. The predicted molar refractivity (Wildman–Crippen MR) is 137 cm³/mol. The smallest absolute Gasteiger partial charge is 0.261 e. The van der Waals surface area contributed by atoms with Crippen LogP contribution in [0.3, 0.4) is 0 Å². The van der Waals surface area contributed by atoms with E-state index in [0.29, 0.717) is 47.9 Å². The van der Waals surface area contributed by atoms with Crippen molar-refractivity contribution in [2.75, 3.05) is 23.1 Å². The van der Waals surface area contributed by atoms with Crippen LogP contribution in [0.2, 0.25) is 5.02 Å². The summed E-state index contributed by atoms with van der Waals surface area (Å²) >= 11 is 5.89. The number of amides is 2. The summed E-state index contributed by atoms with van der Waals surface area (Å²) in [5, 5.41) is 3.43. The van der Waals surface area contributed by atoms with Gasteiger partial charge in [-0.1, -0.05) is 29.3 Å². The zero-order valence-electron chi connectivity index (χ0n) is 19.2. The van der Waals surface area contributed by atoms with Crippen LogP contribution in [0.1, 0.15) is 28.8 Å². The third-order valence-electron chi connectivity index (χ3n) is 5.98. The van der Waals surface area contributed by atoms with Gasteiger partial charge in [0.2, 0.25) is 5.91 Å². The Morgan fingerprint density at radius 2 is 1.43 bits per heavy atom. The maximum absolute atomic E-state index is 12.7. The van der Waals surface area contributed by atoms with Crippen LogP contribution in [-0.2, 0) is 14.8 Å². The van der Waals surface area contributed by atoms with Crippen LogP contribution >= 0.6 is 11.6 Å². The van der Waals surface area contributed by atoms with Crippen LogP contribution in [0.15, 0.2) is 77.7 Å². The average Bonchev–Trinajstić information content (AvgIpc) is 2.86. The van der Waals surface area contributed by atoms with Gasteiger partial charge in [0.1, 0.15) is 0 Å². The molecule has 4 rings (SSSR count). The van der Waals surface area contributed by atoms with Crippen molar-refractivity contribution in [2.24, 2.45) is 5.92 Å². The molecule has 2 N–H and O–H groups in total. The lowest BCUT2D eigenvalue weighted by Crippen LogP contribution is -2.41. The number of aryl methyl sites for hydroxylation is 1. The van der Waals surface area contributed by atoms with Crippen LogP contribution in [0.25, 0.3) is 0 Å². The maximum Gasteiger partial charge on any atom is 0.261 e. The lowest BCUT2D eigenvalue weighted by Gasteiger charge is -2.31. The van der Waals surface area contributed by atoms with Crippen molar-refractivity contribution < 1.29 is 18.0 Å². The van der Waals surface area contributed by atoms with Crippen molar-refractivity contribution in [3.63, 3.8) is 0 Å². The number of likely N-dealkylation sites (tertiary alicyclic amines) is 1. The second-order valence-electron chi connectivity index (χ2n) is 8.56. The second kappa shape index (κ2) is 10.5. The van der Waals surface area contributed by atoms with Gasteiger partial charge in [-0.3, -0.25) is 14.3 Å². The second-order valence-corrected chi connectivity index (χ2v) is 10.7. The molecule has 9 heteroatoms. The zero-order chi connectivity index (χ0) is 25.0. The molecule has 1 saturated heterocycles. The Morgan fingerprint density at radius 3 is 2.03 bits per heavy atom. The fraction of sp³-hybridized carbons (Fsp3) is 0.231. The van der Waals surface area contributed by atoms with Crippen molar-refractivity contribution in [1.29, 1.82) is 0 Å². The summed E-state index contributed by atoms with van der Waals surface area (Å²) in [5.74, 6) is -0.440. The van der Waals surface area contributed by atoms with Gasteiger partial charge in [-0.2, -0.15) is 0 Å². The molecule has 1 aliphatic rings. The van der Waals surface area contributed by atoms with E-state index in [4.69, 9.17) is 11.6 Å². The zero-order valence-corrected chi connectivity index (χ0v) is 20.8. The van der Waals surface area contributed by atoms with Crippen molar-refractivity contribution in [2.45, 2.75) is 24.7 Å². The van der Waals surface area contributed by atoms with Gasteiger partial charge in [-0.05, 0) is 80.4 Å². The number of hydrogen-bond acceptors (Lipinski definition) is 4. The van der Waals surface area contributed by atoms with Crippen LogP contribution in [0.4, 0.5) is 11.4 Å². The van der Waals surface area contributed by atoms with Gasteiger partial charge in [0, 0.05) is 41.0 Å². The molecule has 3 aromatic carbocycles. The fourth-order valence-corrected chi connectivity index (χ4v) is 5.10. The minimum Gasteiger partial charge on any atom is -0.339 e. The Morgan fingerprint density at radius 1 is 0.857 bits per heavy atom. The molecule has 1 fully saturated rings. The molecule has 0 bridgehead atoms. The summed E-state index contributed by atoms with van der Waals surface area (Å²) in [6, 6.07) is 19.9. The van der Waals surface area contributed by atoms with E-state index >= 15 is 0 Å². The van der Waals surface area contributed by atoms with E-state index in [0.717, 1.165) is 5.56 Å². The lowest BCUT2D eigenvalue weighted by atomic mass is 9.95. The summed E-state index contributed by atoms with van der Waals surface area (Å²) in [7, 11) is -3.74. The average molecular weight is 512 g/mol. The number of anilines is 2. The monoisotopic (exact) mass is 511 g/mol. The van der Waals surface area contributed by atoms with E-state index in [1.54, 1.807) is 53.4 Å². The summed E-state index contributed by atoms with van der Waals surface area (Å²) < 4.78 is 27.8. The Kier molecular flexibility index (Phi) is 7.42. The van der Waals surface area contributed by atoms with Gasteiger partial charge in [-0.15, -0.1) is 0 Å². The number of halogens is 1.